The fraction of sp³-hybridized carbons (Fsp3) is 0.556. The first-order chi connectivity index (χ1) is 12.2. The van der Waals surface area contributed by atoms with E-state index in [-0.39, 0.29) is 0 Å². The number of piperidine rings is 1. The SMILES string of the molecule is CCCc1cc(N2CCCC[C@@H]2Cn2cc(C)cn2)n2ncnc2n1. The molecule has 25 heavy (non-hydrogen) atoms. The summed E-state index contributed by atoms with van der Waals surface area (Å²) in [4.78, 5) is 11.4. The van der Waals surface area contributed by atoms with Gasteiger partial charge in [-0.2, -0.15) is 19.7 Å². The highest BCUT2D eigenvalue weighted by Gasteiger charge is 2.26. The van der Waals surface area contributed by atoms with Crippen LogP contribution < -0.4 is 4.90 Å². The molecule has 1 saturated heterocycles. The number of aromatic nitrogens is 6. The minimum absolute atomic E-state index is 0.414. The molecule has 0 unspecified atom stereocenters. The van der Waals surface area contributed by atoms with E-state index in [4.69, 9.17) is 0 Å². The lowest BCUT2D eigenvalue weighted by Gasteiger charge is -2.37. The van der Waals surface area contributed by atoms with Crippen LogP contribution in [-0.4, -0.2) is 41.9 Å². The van der Waals surface area contributed by atoms with Gasteiger partial charge >= 0.3 is 0 Å². The third-order valence-electron chi connectivity index (χ3n) is 4.87. The zero-order valence-corrected chi connectivity index (χ0v) is 15.0. The molecule has 1 fully saturated rings. The van der Waals surface area contributed by atoms with Gasteiger partial charge in [-0.25, -0.2) is 4.98 Å². The molecule has 7 heteroatoms. The maximum atomic E-state index is 4.64. The van der Waals surface area contributed by atoms with Crippen LogP contribution >= 0.6 is 0 Å². The first kappa shape index (κ1) is 16.1. The minimum Gasteiger partial charge on any atom is -0.352 e. The standard InChI is InChI=1S/C18H25N7/c1-3-6-15-9-17(25-18(22-15)19-13-21-25)24-8-5-4-7-16(24)12-23-11-14(2)10-20-23/h9-11,13,16H,3-8,12H2,1-2H3/t16-/m1/s1. The van der Waals surface area contributed by atoms with E-state index in [9.17, 15) is 0 Å². The summed E-state index contributed by atoms with van der Waals surface area (Å²) in [6.07, 6.45) is 11.3. The van der Waals surface area contributed by atoms with E-state index in [1.165, 1.54) is 24.8 Å². The number of hydrogen-bond acceptors (Lipinski definition) is 5. The Morgan fingerprint density at radius 3 is 2.96 bits per heavy atom. The number of anilines is 1. The summed E-state index contributed by atoms with van der Waals surface area (Å²) in [5, 5.41) is 8.90. The van der Waals surface area contributed by atoms with Crippen molar-refractivity contribution in [1.29, 1.82) is 0 Å². The molecule has 0 radical (unpaired) electrons. The van der Waals surface area contributed by atoms with Crippen LogP contribution in [-0.2, 0) is 13.0 Å². The number of fused-ring (bicyclic) bond motifs is 1. The molecule has 1 atom stereocenters. The Labute approximate surface area is 147 Å². The monoisotopic (exact) mass is 339 g/mol. The highest BCUT2D eigenvalue weighted by molar-refractivity contribution is 5.48. The van der Waals surface area contributed by atoms with Crippen molar-refractivity contribution in [3.8, 4) is 0 Å². The van der Waals surface area contributed by atoms with E-state index in [2.05, 4.69) is 55.9 Å². The average molecular weight is 339 g/mol. The Morgan fingerprint density at radius 2 is 2.16 bits per heavy atom. The Balaban J connectivity index is 1.69. The predicted molar refractivity (Wildman–Crippen MR) is 96.7 cm³/mol. The molecule has 0 saturated carbocycles. The molecule has 1 aliphatic heterocycles. The first-order valence-corrected chi connectivity index (χ1v) is 9.20. The van der Waals surface area contributed by atoms with Crippen LogP contribution in [0.25, 0.3) is 5.78 Å². The lowest BCUT2D eigenvalue weighted by atomic mass is 10.0. The van der Waals surface area contributed by atoms with Crippen LogP contribution in [0.2, 0.25) is 0 Å². The highest BCUT2D eigenvalue weighted by Crippen LogP contribution is 2.26. The van der Waals surface area contributed by atoms with Gasteiger partial charge in [-0.15, -0.1) is 0 Å². The maximum absolute atomic E-state index is 4.64. The van der Waals surface area contributed by atoms with Crippen LogP contribution in [0.5, 0.6) is 0 Å². The molecule has 4 rings (SSSR count). The van der Waals surface area contributed by atoms with Crippen LogP contribution in [0.1, 0.15) is 43.9 Å². The van der Waals surface area contributed by atoms with Gasteiger partial charge in [-0.1, -0.05) is 13.3 Å². The summed E-state index contributed by atoms with van der Waals surface area (Å²) < 4.78 is 3.94. The Morgan fingerprint density at radius 1 is 1.24 bits per heavy atom. The van der Waals surface area contributed by atoms with Gasteiger partial charge in [0.15, 0.2) is 0 Å². The zero-order chi connectivity index (χ0) is 17.2. The second-order valence-electron chi connectivity index (χ2n) is 6.91. The quantitative estimate of drug-likeness (QED) is 0.715. The van der Waals surface area contributed by atoms with Gasteiger partial charge in [0.1, 0.15) is 12.1 Å². The molecule has 0 aromatic carbocycles. The summed E-state index contributed by atoms with van der Waals surface area (Å²) in [6.45, 7) is 6.20. The normalized spacial score (nSPS) is 18.2. The molecular formula is C18H25N7. The van der Waals surface area contributed by atoms with Crippen molar-refractivity contribution >= 4 is 11.6 Å². The Hall–Kier alpha value is -2.44. The second-order valence-corrected chi connectivity index (χ2v) is 6.91. The topological polar surface area (TPSA) is 64.1 Å². The molecule has 1 aliphatic rings. The van der Waals surface area contributed by atoms with E-state index in [0.29, 0.717) is 11.8 Å². The van der Waals surface area contributed by atoms with E-state index in [1.807, 2.05) is 10.7 Å². The molecule has 7 nitrogen and oxygen atoms in total. The van der Waals surface area contributed by atoms with Crippen LogP contribution in [0, 0.1) is 6.92 Å². The summed E-state index contributed by atoms with van der Waals surface area (Å²) in [7, 11) is 0. The molecule has 4 heterocycles. The van der Waals surface area contributed by atoms with E-state index in [1.54, 1.807) is 6.33 Å². The van der Waals surface area contributed by atoms with Crippen molar-refractivity contribution in [3.05, 3.63) is 36.0 Å². The Bertz CT molecular complexity index is 850. The molecular weight excluding hydrogens is 314 g/mol. The average Bonchev–Trinajstić information content (AvgIpc) is 3.24. The van der Waals surface area contributed by atoms with Crippen molar-refractivity contribution in [2.75, 3.05) is 11.4 Å². The molecule has 0 spiro atoms. The summed E-state index contributed by atoms with van der Waals surface area (Å²) in [6, 6.07) is 2.61. The molecule has 0 bridgehead atoms. The smallest absolute Gasteiger partial charge is 0.254 e. The number of nitrogens with zero attached hydrogens (tertiary/aromatic N) is 7. The lowest BCUT2D eigenvalue weighted by Crippen LogP contribution is -2.43. The zero-order valence-electron chi connectivity index (χ0n) is 15.0. The number of hydrogen-bond donors (Lipinski definition) is 0. The molecule has 0 N–H and O–H groups in total. The molecule has 0 aliphatic carbocycles. The summed E-state index contributed by atoms with van der Waals surface area (Å²) in [5.41, 5.74) is 2.30. The van der Waals surface area contributed by atoms with Crippen molar-refractivity contribution in [2.45, 2.75) is 58.5 Å². The fourth-order valence-corrected chi connectivity index (χ4v) is 3.71. The third kappa shape index (κ3) is 3.23. The fourth-order valence-electron chi connectivity index (χ4n) is 3.71. The third-order valence-corrected chi connectivity index (χ3v) is 4.87. The minimum atomic E-state index is 0.414. The highest BCUT2D eigenvalue weighted by atomic mass is 15.4. The number of rotatable bonds is 5. The van der Waals surface area contributed by atoms with Crippen LogP contribution in [0.4, 0.5) is 5.82 Å². The molecule has 3 aromatic heterocycles. The first-order valence-electron chi connectivity index (χ1n) is 9.20. The van der Waals surface area contributed by atoms with Gasteiger partial charge in [0.2, 0.25) is 0 Å². The van der Waals surface area contributed by atoms with Crippen LogP contribution in [0.15, 0.2) is 24.8 Å². The van der Waals surface area contributed by atoms with Gasteiger partial charge in [-0.3, -0.25) is 4.68 Å². The van der Waals surface area contributed by atoms with E-state index in [0.717, 1.165) is 37.4 Å². The van der Waals surface area contributed by atoms with Crippen LogP contribution in [0.3, 0.4) is 0 Å². The van der Waals surface area contributed by atoms with Crippen molar-refractivity contribution in [2.24, 2.45) is 0 Å². The van der Waals surface area contributed by atoms with Gasteiger partial charge in [0.25, 0.3) is 5.78 Å². The van der Waals surface area contributed by atoms with Crippen molar-refractivity contribution in [1.82, 2.24) is 29.4 Å². The molecule has 3 aromatic rings. The maximum Gasteiger partial charge on any atom is 0.254 e. The molecule has 0 amide bonds. The van der Waals surface area contributed by atoms with E-state index < -0.39 is 0 Å². The van der Waals surface area contributed by atoms with Crippen molar-refractivity contribution < 1.29 is 0 Å². The summed E-state index contributed by atoms with van der Waals surface area (Å²) >= 11 is 0. The van der Waals surface area contributed by atoms with E-state index >= 15 is 0 Å². The molecule has 132 valence electrons. The van der Waals surface area contributed by atoms with Gasteiger partial charge in [0, 0.05) is 30.5 Å². The van der Waals surface area contributed by atoms with Gasteiger partial charge in [-0.05, 0) is 38.2 Å². The van der Waals surface area contributed by atoms with Gasteiger partial charge in [0.05, 0.1) is 12.7 Å². The number of aryl methyl sites for hydroxylation is 2. The van der Waals surface area contributed by atoms with Gasteiger partial charge < -0.3 is 4.90 Å². The largest absolute Gasteiger partial charge is 0.352 e. The predicted octanol–water partition coefficient (Wildman–Crippen LogP) is 2.64. The lowest BCUT2D eigenvalue weighted by molar-refractivity contribution is 0.394. The van der Waals surface area contributed by atoms with Crippen molar-refractivity contribution in [3.63, 3.8) is 0 Å². The Kier molecular flexibility index (Phi) is 4.38. The summed E-state index contributed by atoms with van der Waals surface area (Å²) in [5.74, 6) is 1.81. The second kappa shape index (κ2) is 6.82.